The van der Waals surface area contributed by atoms with Crippen LogP contribution in [-0.2, 0) is 9.47 Å². The summed E-state index contributed by atoms with van der Waals surface area (Å²) in [6.45, 7) is 4.06. The topological polar surface area (TPSA) is 18.5 Å². The molecule has 0 aromatic carbocycles. The Kier molecular flexibility index (Phi) is 3.51. The monoisotopic (exact) mass is 318 g/mol. The number of ether oxygens (including phenoxy) is 2. The molecule has 2 aliphatic rings. The normalized spacial score (nSPS) is 37.9. The van der Waals surface area contributed by atoms with E-state index in [1.807, 2.05) is 0 Å². The highest BCUT2D eigenvalue weighted by Crippen LogP contribution is 2.34. The molecule has 82 valence electrons. The van der Waals surface area contributed by atoms with Crippen molar-refractivity contribution in [3.05, 3.63) is 33.6 Å². The number of fused-ring (bicyclic) bond motifs is 2. The summed E-state index contributed by atoms with van der Waals surface area (Å²) in [5.74, 6) is 1.09. The second kappa shape index (κ2) is 4.70. The van der Waals surface area contributed by atoms with Gasteiger partial charge in [-0.25, -0.2) is 0 Å². The largest absolute Gasteiger partial charge is 0.489 e. The van der Waals surface area contributed by atoms with E-state index in [4.69, 9.17) is 9.47 Å². The quantitative estimate of drug-likeness (QED) is 0.545. The molecule has 0 aliphatic carbocycles. The lowest BCUT2D eigenvalue weighted by atomic mass is 9.98. The Hall–Kier alpha value is -0.290. The fourth-order valence-electron chi connectivity index (χ4n) is 1.89. The SMILES string of the molecule is C=C1C/C2=C(\I)C[C@@H](OC)/C=C\[C@@H](C1)O2. The first-order valence-electron chi connectivity index (χ1n) is 5.11. The maximum absolute atomic E-state index is 5.87. The van der Waals surface area contributed by atoms with Gasteiger partial charge >= 0.3 is 0 Å². The molecule has 2 aliphatic heterocycles. The molecular formula is C12H15IO2. The smallest absolute Gasteiger partial charge is 0.120 e. The third-order valence-corrected chi connectivity index (χ3v) is 3.76. The molecule has 0 saturated carbocycles. The van der Waals surface area contributed by atoms with Gasteiger partial charge in [-0.1, -0.05) is 18.2 Å². The lowest BCUT2D eigenvalue weighted by Crippen LogP contribution is -2.21. The van der Waals surface area contributed by atoms with Crippen molar-refractivity contribution in [2.24, 2.45) is 0 Å². The van der Waals surface area contributed by atoms with Crippen LogP contribution in [-0.4, -0.2) is 19.3 Å². The third-order valence-electron chi connectivity index (χ3n) is 2.72. The molecule has 2 bridgehead atoms. The van der Waals surface area contributed by atoms with Crippen molar-refractivity contribution in [3.63, 3.8) is 0 Å². The number of hydrogen-bond donors (Lipinski definition) is 0. The number of methoxy groups -OCH3 is 1. The Labute approximate surface area is 104 Å². The molecule has 0 unspecified atom stereocenters. The summed E-state index contributed by atoms with van der Waals surface area (Å²) in [5.41, 5.74) is 1.26. The molecule has 0 spiro atoms. The van der Waals surface area contributed by atoms with Crippen molar-refractivity contribution in [2.45, 2.75) is 31.5 Å². The van der Waals surface area contributed by atoms with Gasteiger partial charge in [0.25, 0.3) is 0 Å². The highest BCUT2D eigenvalue weighted by Gasteiger charge is 2.24. The van der Waals surface area contributed by atoms with E-state index in [9.17, 15) is 0 Å². The highest BCUT2D eigenvalue weighted by molar-refractivity contribution is 14.1. The molecule has 2 rings (SSSR count). The van der Waals surface area contributed by atoms with E-state index >= 15 is 0 Å². The van der Waals surface area contributed by atoms with E-state index in [0.717, 1.165) is 25.0 Å². The first-order chi connectivity index (χ1) is 7.19. The summed E-state index contributed by atoms with van der Waals surface area (Å²) < 4.78 is 12.5. The standard InChI is InChI=1S/C12H15IO2/c1-8-5-10-4-3-9(14-2)7-11(13)12(6-8)15-10/h3-4,9-10H,1,5-7H2,2H3/b4-3-,12-11+/t9-,10-/m0/s1. The maximum Gasteiger partial charge on any atom is 0.120 e. The zero-order chi connectivity index (χ0) is 10.8. The lowest BCUT2D eigenvalue weighted by molar-refractivity contribution is 0.109. The van der Waals surface area contributed by atoms with Gasteiger partial charge < -0.3 is 9.47 Å². The number of rotatable bonds is 1. The van der Waals surface area contributed by atoms with Crippen molar-refractivity contribution in [3.8, 4) is 0 Å². The van der Waals surface area contributed by atoms with E-state index in [2.05, 4.69) is 41.3 Å². The second-order valence-electron chi connectivity index (χ2n) is 3.98. The maximum atomic E-state index is 5.87. The average Bonchev–Trinajstić information content (AvgIpc) is 2.21. The Morgan fingerprint density at radius 2 is 2.27 bits per heavy atom. The number of hydrogen-bond acceptors (Lipinski definition) is 2. The fourth-order valence-corrected chi connectivity index (χ4v) is 2.64. The Balaban J connectivity index is 2.25. The van der Waals surface area contributed by atoms with Crippen molar-refractivity contribution >= 4 is 22.6 Å². The number of halogens is 1. The van der Waals surface area contributed by atoms with Crippen molar-refractivity contribution in [1.29, 1.82) is 0 Å². The summed E-state index contributed by atoms with van der Waals surface area (Å²) in [6, 6.07) is 0. The van der Waals surface area contributed by atoms with Crippen LogP contribution in [0.3, 0.4) is 0 Å². The van der Waals surface area contributed by atoms with Crippen LogP contribution in [0.2, 0.25) is 0 Å². The van der Waals surface area contributed by atoms with Crippen LogP contribution in [0.1, 0.15) is 19.3 Å². The molecule has 2 atom stereocenters. The molecule has 1 fully saturated rings. The van der Waals surface area contributed by atoms with Crippen LogP contribution in [0.5, 0.6) is 0 Å². The van der Waals surface area contributed by atoms with Gasteiger partial charge in [0.15, 0.2) is 0 Å². The zero-order valence-corrected chi connectivity index (χ0v) is 11.0. The van der Waals surface area contributed by atoms with Crippen molar-refractivity contribution < 1.29 is 9.47 Å². The number of allylic oxidation sites excluding steroid dienone is 1. The second-order valence-corrected chi connectivity index (χ2v) is 5.28. The molecule has 0 aromatic rings. The van der Waals surface area contributed by atoms with E-state index in [1.54, 1.807) is 7.11 Å². The van der Waals surface area contributed by atoms with Crippen molar-refractivity contribution in [1.82, 2.24) is 0 Å². The minimum Gasteiger partial charge on any atom is -0.489 e. The lowest BCUT2D eigenvalue weighted by Gasteiger charge is -2.29. The third kappa shape index (κ3) is 2.64. The molecule has 0 amide bonds. The molecular weight excluding hydrogens is 303 g/mol. The van der Waals surface area contributed by atoms with Crippen LogP contribution in [0.4, 0.5) is 0 Å². The van der Waals surface area contributed by atoms with Gasteiger partial charge in [0, 0.05) is 30.0 Å². The summed E-state index contributed by atoms with van der Waals surface area (Å²) in [4.78, 5) is 0. The summed E-state index contributed by atoms with van der Waals surface area (Å²) >= 11 is 2.35. The minimum atomic E-state index is 0.156. The fraction of sp³-hybridized carbons (Fsp3) is 0.500. The van der Waals surface area contributed by atoms with Crippen LogP contribution < -0.4 is 0 Å². The Morgan fingerprint density at radius 1 is 1.47 bits per heavy atom. The molecule has 0 aromatic heterocycles. The van der Waals surface area contributed by atoms with E-state index in [1.165, 1.54) is 9.15 Å². The van der Waals surface area contributed by atoms with E-state index in [-0.39, 0.29) is 12.2 Å². The van der Waals surface area contributed by atoms with E-state index < -0.39 is 0 Å². The molecule has 0 radical (unpaired) electrons. The Bertz CT molecular complexity index is 331. The van der Waals surface area contributed by atoms with Crippen LogP contribution in [0.25, 0.3) is 0 Å². The van der Waals surface area contributed by atoms with Gasteiger partial charge in [0.05, 0.1) is 6.10 Å². The first kappa shape index (κ1) is 11.2. The van der Waals surface area contributed by atoms with Crippen LogP contribution >= 0.6 is 22.6 Å². The molecule has 15 heavy (non-hydrogen) atoms. The van der Waals surface area contributed by atoms with Gasteiger partial charge in [0.1, 0.15) is 11.9 Å². The average molecular weight is 318 g/mol. The van der Waals surface area contributed by atoms with Gasteiger partial charge in [-0.15, -0.1) is 0 Å². The van der Waals surface area contributed by atoms with Crippen LogP contribution in [0.15, 0.2) is 33.6 Å². The van der Waals surface area contributed by atoms with Gasteiger partial charge in [-0.05, 0) is 28.7 Å². The molecule has 3 heteroatoms. The first-order valence-corrected chi connectivity index (χ1v) is 6.19. The molecule has 2 heterocycles. The Morgan fingerprint density at radius 3 is 3.00 bits per heavy atom. The zero-order valence-electron chi connectivity index (χ0n) is 8.83. The van der Waals surface area contributed by atoms with Gasteiger partial charge in [0.2, 0.25) is 0 Å². The molecule has 2 nitrogen and oxygen atoms in total. The van der Waals surface area contributed by atoms with E-state index in [0.29, 0.717) is 0 Å². The predicted octanol–water partition coefficient (Wildman–Crippen LogP) is 3.34. The molecule has 0 N–H and O–H groups in total. The minimum absolute atomic E-state index is 0.156. The summed E-state index contributed by atoms with van der Waals surface area (Å²) in [7, 11) is 1.75. The van der Waals surface area contributed by atoms with Gasteiger partial charge in [-0.2, -0.15) is 0 Å². The summed E-state index contributed by atoms with van der Waals surface area (Å²) in [6.07, 6.45) is 7.26. The predicted molar refractivity (Wildman–Crippen MR) is 68.8 cm³/mol. The van der Waals surface area contributed by atoms with Crippen LogP contribution in [0, 0.1) is 0 Å². The van der Waals surface area contributed by atoms with Gasteiger partial charge in [-0.3, -0.25) is 0 Å². The van der Waals surface area contributed by atoms with Crippen molar-refractivity contribution in [2.75, 3.05) is 7.11 Å². The molecule has 1 saturated heterocycles. The highest BCUT2D eigenvalue weighted by atomic mass is 127. The summed E-state index contributed by atoms with van der Waals surface area (Å²) in [5, 5.41) is 0.